The number of benzene rings is 2. The summed E-state index contributed by atoms with van der Waals surface area (Å²) in [7, 11) is 0. The molecule has 0 aliphatic carbocycles. The number of halogens is 1. The third kappa shape index (κ3) is 4.33. The first-order valence-electron chi connectivity index (χ1n) is 7.52. The van der Waals surface area contributed by atoms with Crippen LogP contribution in [-0.2, 0) is 5.75 Å². The minimum atomic E-state index is 0.775. The van der Waals surface area contributed by atoms with Crippen LogP contribution in [0, 0.1) is 13.8 Å². The minimum Gasteiger partial charge on any atom is -0.192 e. The average Bonchev–Trinajstić information content (AvgIpc) is 2.94. The van der Waals surface area contributed by atoms with Crippen molar-refractivity contribution in [3.8, 4) is 0 Å². The Morgan fingerprint density at radius 2 is 1.75 bits per heavy atom. The first-order chi connectivity index (χ1) is 11.6. The lowest BCUT2D eigenvalue weighted by atomic mass is 10.2. The molecule has 0 radical (unpaired) electrons. The molecule has 0 spiro atoms. The minimum absolute atomic E-state index is 0.775. The number of aryl methyl sites for hydroxylation is 2. The molecule has 0 N–H and O–H groups in total. The van der Waals surface area contributed by atoms with Gasteiger partial charge in [0.2, 0.25) is 5.16 Å². The van der Waals surface area contributed by atoms with Gasteiger partial charge in [0.1, 0.15) is 0 Å². The Bertz CT molecular complexity index is 838. The third-order valence-corrected chi connectivity index (χ3v) is 4.97. The number of hydrogen-bond donors (Lipinski definition) is 0. The van der Waals surface area contributed by atoms with Crippen LogP contribution in [-0.4, -0.2) is 21.1 Å². The molecule has 0 aliphatic heterocycles. The molecule has 0 fully saturated rings. The SMILES string of the molecule is Cc1ccc(/C=N\n2c(C)nnc2SCc2ccc(Br)cc2)cc1. The molecule has 3 rings (SSSR count). The first-order valence-corrected chi connectivity index (χ1v) is 9.30. The van der Waals surface area contributed by atoms with Crippen molar-refractivity contribution >= 4 is 33.9 Å². The Morgan fingerprint density at radius 3 is 2.46 bits per heavy atom. The molecule has 122 valence electrons. The van der Waals surface area contributed by atoms with E-state index in [1.807, 2.05) is 37.4 Å². The molecule has 0 unspecified atom stereocenters. The summed E-state index contributed by atoms with van der Waals surface area (Å²) in [5, 5.41) is 13.7. The highest BCUT2D eigenvalue weighted by Gasteiger charge is 2.08. The van der Waals surface area contributed by atoms with Crippen LogP contribution in [0.4, 0.5) is 0 Å². The maximum absolute atomic E-state index is 4.53. The quantitative estimate of drug-likeness (QED) is 0.454. The number of rotatable bonds is 5. The summed E-state index contributed by atoms with van der Waals surface area (Å²) in [6, 6.07) is 16.5. The van der Waals surface area contributed by atoms with Gasteiger partial charge >= 0.3 is 0 Å². The van der Waals surface area contributed by atoms with Crippen molar-refractivity contribution in [2.24, 2.45) is 5.10 Å². The van der Waals surface area contributed by atoms with Gasteiger partial charge in [-0.2, -0.15) is 9.78 Å². The zero-order valence-electron chi connectivity index (χ0n) is 13.5. The third-order valence-electron chi connectivity index (χ3n) is 3.45. The Labute approximate surface area is 154 Å². The van der Waals surface area contributed by atoms with Gasteiger partial charge in [0.25, 0.3) is 0 Å². The van der Waals surface area contributed by atoms with Crippen LogP contribution in [0.2, 0.25) is 0 Å². The zero-order chi connectivity index (χ0) is 16.9. The van der Waals surface area contributed by atoms with Crippen LogP contribution in [0.25, 0.3) is 0 Å². The second-order valence-electron chi connectivity index (χ2n) is 5.41. The van der Waals surface area contributed by atoms with Gasteiger partial charge in [-0.3, -0.25) is 0 Å². The van der Waals surface area contributed by atoms with E-state index >= 15 is 0 Å². The summed E-state index contributed by atoms with van der Waals surface area (Å²) in [4.78, 5) is 0. The number of thioether (sulfide) groups is 1. The number of aromatic nitrogens is 3. The molecule has 3 aromatic rings. The molecule has 0 atom stereocenters. The zero-order valence-corrected chi connectivity index (χ0v) is 15.9. The predicted molar refractivity (Wildman–Crippen MR) is 103 cm³/mol. The fraction of sp³-hybridized carbons (Fsp3) is 0.167. The monoisotopic (exact) mass is 400 g/mol. The largest absolute Gasteiger partial charge is 0.212 e. The first kappa shape index (κ1) is 16.9. The van der Waals surface area contributed by atoms with E-state index in [-0.39, 0.29) is 0 Å². The fourth-order valence-corrected chi connectivity index (χ4v) is 3.22. The molecule has 0 aliphatic rings. The molecule has 1 aromatic heterocycles. The summed E-state index contributed by atoms with van der Waals surface area (Å²) >= 11 is 5.08. The fourth-order valence-electron chi connectivity index (χ4n) is 2.07. The van der Waals surface area contributed by atoms with Crippen molar-refractivity contribution in [1.29, 1.82) is 0 Å². The standard InChI is InChI=1S/C18H17BrN4S/c1-13-3-5-15(6-4-13)11-20-23-14(2)21-22-18(23)24-12-16-7-9-17(19)10-8-16/h3-11H,12H2,1-2H3/b20-11-. The van der Waals surface area contributed by atoms with Gasteiger partial charge < -0.3 is 0 Å². The highest BCUT2D eigenvalue weighted by molar-refractivity contribution is 9.10. The summed E-state index contributed by atoms with van der Waals surface area (Å²) < 4.78 is 2.86. The molecule has 1 heterocycles. The van der Waals surface area contributed by atoms with Crippen molar-refractivity contribution in [3.63, 3.8) is 0 Å². The smallest absolute Gasteiger partial charge is 0.192 e. The van der Waals surface area contributed by atoms with Crippen molar-refractivity contribution in [2.75, 3.05) is 0 Å². The van der Waals surface area contributed by atoms with Crippen LogP contribution in [0.3, 0.4) is 0 Å². The van der Waals surface area contributed by atoms with E-state index in [9.17, 15) is 0 Å². The van der Waals surface area contributed by atoms with Crippen LogP contribution in [0.1, 0.15) is 22.5 Å². The summed E-state index contributed by atoms with van der Waals surface area (Å²) in [6.45, 7) is 3.98. The maximum atomic E-state index is 4.53. The summed E-state index contributed by atoms with van der Waals surface area (Å²) in [5.41, 5.74) is 3.52. The van der Waals surface area contributed by atoms with E-state index < -0.39 is 0 Å². The highest BCUT2D eigenvalue weighted by Crippen LogP contribution is 2.22. The van der Waals surface area contributed by atoms with Gasteiger partial charge in [-0.15, -0.1) is 10.2 Å². The van der Waals surface area contributed by atoms with Crippen molar-refractivity contribution in [1.82, 2.24) is 14.9 Å². The van der Waals surface area contributed by atoms with E-state index in [1.54, 1.807) is 16.4 Å². The Hall–Kier alpha value is -1.92. The Balaban J connectivity index is 1.73. The normalized spacial score (nSPS) is 11.3. The predicted octanol–water partition coefficient (Wildman–Crippen LogP) is 4.83. The Morgan fingerprint density at radius 1 is 1.04 bits per heavy atom. The molecule has 6 heteroatoms. The Kier molecular flexibility index (Phi) is 5.48. The molecular weight excluding hydrogens is 384 g/mol. The van der Waals surface area contributed by atoms with E-state index in [4.69, 9.17) is 0 Å². The molecule has 4 nitrogen and oxygen atoms in total. The molecule has 0 amide bonds. The van der Waals surface area contributed by atoms with Gasteiger partial charge in [0.15, 0.2) is 5.82 Å². The molecular formula is C18H17BrN4S. The lowest BCUT2D eigenvalue weighted by Crippen LogP contribution is -1.96. The van der Waals surface area contributed by atoms with Gasteiger partial charge in [0.05, 0.1) is 6.21 Å². The van der Waals surface area contributed by atoms with E-state index in [0.29, 0.717) is 0 Å². The van der Waals surface area contributed by atoms with Gasteiger partial charge in [-0.1, -0.05) is 69.7 Å². The van der Waals surface area contributed by atoms with Crippen LogP contribution in [0.15, 0.2) is 63.3 Å². The molecule has 0 bridgehead atoms. The number of nitrogens with zero attached hydrogens (tertiary/aromatic N) is 4. The van der Waals surface area contributed by atoms with Crippen molar-refractivity contribution < 1.29 is 0 Å². The van der Waals surface area contributed by atoms with E-state index in [0.717, 1.165) is 26.8 Å². The summed E-state index contributed by atoms with van der Waals surface area (Å²) in [5.74, 6) is 1.60. The van der Waals surface area contributed by atoms with Gasteiger partial charge in [0, 0.05) is 10.2 Å². The summed E-state index contributed by atoms with van der Waals surface area (Å²) in [6.07, 6.45) is 1.83. The van der Waals surface area contributed by atoms with E-state index in [2.05, 4.69) is 62.4 Å². The topological polar surface area (TPSA) is 43.1 Å². The van der Waals surface area contributed by atoms with Gasteiger partial charge in [-0.05, 0) is 37.1 Å². The van der Waals surface area contributed by atoms with Crippen molar-refractivity contribution in [2.45, 2.75) is 24.8 Å². The molecule has 24 heavy (non-hydrogen) atoms. The second kappa shape index (κ2) is 7.77. The molecule has 0 saturated heterocycles. The van der Waals surface area contributed by atoms with Crippen LogP contribution in [0.5, 0.6) is 0 Å². The van der Waals surface area contributed by atoms with Crippen LogP contribution < -0.4 is 0 Å². The highest BCUT2D eigenvalue weighted by atomic mass is 79.9. The molecule has 2 aromatic carbocycles. The van der Waals surface area contributed by atoms with Crippen molar-refractivity contribution in [3.05, 3.63) is 75.5 Å². The maximum Gasteiger partial charge on any atom is 0.212 e. The molecule has 0 saturated carbocycles. The lowest BCUT2D eigenvalue weighted by molar-refractivity contribution is 0.744. The van der Waals surface area contributed by atoms with Crippen LogP contribution >= 0.6 is 27.7 Å². The number of hydrogen-bond acceptors (Lipinski definition) is 4. The second-order valence-corrected chi connectivity index (χ2v) is 7.27. The average molecular weight is 401 g/mol. The lowest BCUT2D eigenvalue weighted by Gasteiger charge is -2.03. The van der Waals surface area contributed by atoms with E-state index in [1.165, 1.54) is 11.1 Å². The van der Waals surface area contributed by atoms with Gasteiger partial charge in [-0.25, -0.2) is 0 Å².